The summed E-state index contributed by atoms with van der Waals surface area (Å²) < 4.78 is 46.7. The number of hydrogen-bond acceptors (Lipinski definition) is 6. The summed E-state index contributed by atoms with van der Waals surface area (Å²) in [6.45, 7) is 2.23. The highest BCUT2D eigenvalue weighted by Gasteiger charge is 2.35. The van der Waals surface area contributed by atoms with Gasteiger partial charge in [0.05, 0.1) is 16.6 Å². The van der Waals surface area contributed by atoms with Crippen LogP contribution >= 0.6 is 22.9 Å². The van der Waals surface area contributed by atoms with Gasteiger partial charge < -0.3 is 4.74 Å². The van der Waals surface area contributed by atoms with Crippen LogP contribution in [-0.4, -0.2) is 41.9 Å². The zero-order valence-electron chi connectivity index (χ0n) is 12.8. The molecular weight excluding hydrogens is 377 g/mol. The lowest BCUT2D eigenvalue weighted by Crippen LogP contribution is -2.30. The first-order valence-corrected chi connectivity index (χ1v) is 9.96. The first-order chi connectivity index (χ1) is 11.4. The first-order valence-electron chi connectivity index (χ1n) is 7.33. The third kappa shape index (κ3) is 3.39. The van der Waals surface area contributed by atoms with E-state index in [-0.39, 0.29) is 22.3 Å². The van der Waals surface area contributed by atoms with E-state index in [9.17, 15) is 12.8 Å². The Kier molecular flexibility index (Phi) is 5.05. The fourth-order valence-corrected chi connectivity index (χ4v) is 5.57. The Morgan fingerprint density at radius 2 is 2.25 bits per heavy atom. The van der Waals surface area contributed by atoms with Gasteiger partial charge in [-0.1, -0.05) is 18.5 Å². The van der Waals surface area contributed by atoms with Gasteiger partial charge in [-0.05, 0) is 25.0 Å². The summed E-state index contributed by atoms with van der Waals surface area (Å²) in [7, 11) is -3.61. The van der Waals surface area contributed by atoms with Gasteiger partial charge >= 0.3 is 0 Å². The fourth-order valence-electron chi connectivity index (χ4n) is 2.45. The molecule has 24 heavy (non-hydrogen) atoms. The lowest BCUT2D eigenvalue weighted by atomic mass is 10.3. The second kappa shape index (κ2) is 6.91. The normalized spacial score (nSPS) is 18.9. The molecule has 1 fully saturated rings. The van der Waals surface area contributed by atoms with Gasteiger partial charge in [0.1, 0.15) is 16.6 Å². The van der Waals surface area contributed by atoms with Gasteiger partial charge in [0.15, 0.2) is 0 Å². The number of rotatable bonds is 5. The van der Waals surface area contributed by atoms with Crippen molar-refractivity contribution in [1.82, 2.24) is 14.3 Å². The Balaban J connectivity index is 1.72. The summed E-state index contributed by atoms with van der Waals surface area (Å²) in [6, 6.07) is 3.03. The maximum absolute atomic E-state index is 14.1. The number of aryl methyl sites for hydroxylation is 1. The van der Waals surface area contributed by atoms with E-state index in [0.29, 0.717) is 23.7 Å². The van der Waals surface area contributed by atoms with Crippen LogP contribution in [-0.2, 0) is 16.4 Å². The van der Waals surface area contributed by atoms with Gasteiger partial charge in [0.25, 0.3) is 15.9 Å². The highest BCUT2D eigenvalue weighted by atomic mass is 35.5. The van der Waals surface area contributed by atoms with E-state index in [1.165, 1.54) is 16.7 Å². The predicted molar refractivity (Wildman–Crippen MR) is 88.5 cm³/mol. The van der Waals surface area contributed by atoms with E-state index < -0.39 is 21.9 Å². The molecule has 0 unspecified atom stereocenters. The molecule has 2 aromatic rings. The van der Waals surface area contributed by atoms with Crippen LogP contribution < -0.4 is 4.74 Å². The van der Waals surface area contributed by atoms with Crippen LogP contribution in [0.25, 0.3) is 0 Å². The number of aromatic nitrogens is 2. The molecule has 1 aliphatic heterocycles. The highest BCUT2D eigenvalue weighted by molar-refractivity contribution is 7.91. The van der Waals surface area contributed by atoms with Crippen molar-refractivity contribution in [3.05, 3.63) is 34.3 Å². The van der Waals surface area contributed by atoms with Gasteiger partial charge in [-0.25, -0.2) is 13.4 Å². The van der Waals surface area contributed by atoms with E-state index in [1.54, 1.807) is 13.0 Å². The Bertz CT molecular complexity index is 844. The van der Waals surface area contributed by atoms with E-state index in [1.807, 2.05) is 0 Å². The van der Waals surface area contributed by atoms with E-state index in [4.69, 9.17) is 16.3 Å². The summed E-state index contributed by atoms with van der Waals surface area (Å²) >= 11 is 6.82. The molecule has 0 amide bonds. The molecule has 0 saturated carbocycles. The zero-order chi connectivity index (χ0) is 17.3. The zero-order valence-corrected chi connectivity index (χ0v) is 15.2. The monoisotopic (exact) mass is 391 g/mol. The Labute approximate surface area is 148 Å². The summed E-state index contributed by atoms with van der Waals surface area (Å²) in [5.74, 6) is -0.725. The van der Waals surface area contributed by atoms with Crippen LogP contribution in [0.4, 0.5) is 4.39 Å². The number of thiophene rings is 1. The minimum absolute atomic E-state index is 0.134. The molecule has 1 saturated heterocycles. The quantitative estimate of drug-likeness (QED) is 0.783. The SMILES string of the molecule is CCc1ncnc(O[C@@H]2CCN(S(=O)(=O)c3ccc(Cl)s3)C2)c1F. The molecule has 130 valence electrons. The van der Waals surface area contributed by atoms with Crippen molar-refractivity contribution in [2.24, 2.45) is 0 Å². The van der Waals surface area contributed by atoms with Crippen LogP contribution in [0.5, 0.6) is 5.88 Å². The largest absolute Gasteiger partial charge is 0.471 e. The summed E-state index contributed by atoms with van der Waals surface area (Å²) in [6.07, 6.45) is 1.68. The van der Waals surface area contributed by atoms with E-state index in [2.05, 4.69) is 9.97 Å². The molecule has 0 aliphatic carbocycles. The molecule has 0 spiro atoms. The van der Waals surface area contributed by atoms with Crippen molar-refractivity contribution >= 4 is 33.0 Å². The van der Waals surface area contributed by atoms with Gasteiger partial charge in [-0.2, -0.15) is 13.7 Å². The lowest BCUT2D eigenvalue weighted by Gasteiger charge is -2.16. The van der Waals surface area contributed by atoms with Crippen molar-refractivity contribution in [1.29, 1.82) is 0 Å². The van der Waals surface area contributed by atoms with Gasteiger partial charge in [0, 0.05) is 6.54 Å². The van der Waals surface area contributed by atoms with Gasteiger partial charge in [0.2, 0.25) is 5.82 Å². The van der Waals surface area contributed by atoms with Crippen molar-refractivity contribution in [3.8, 4) is 5.88 Å². The van der Waals surface area contributed by atoms with Crippen LogP contribution in [0.1, 0.15) is 19.0 Å². The molecule has 2 aromatic heterocycles. The summed E-state index contributed by atoms with van der Waals surface area (Å²) in [4.78, 5) is 7.65. The topological polar surface area (TPSA) is 72.4 Å². The number of halogens is 2. The minimum Gasteiger partial charge on any atom is -0.471 e. The first kappa shape index (κ1) is 17.5. The molecule has 3 rings (SSSR count). The van der Waals surface area contributed by atoms with Crippen LogP contribution in [0.3, 0.4) is 0 Å². The maximum atomic E-state index is 14.1. The predicted octanol–water partition coefficient (Wildman–Crippen LogP) is 2.74. The molecule has 6 nitrogen and oxygen atoms in total. The molecule has 0 N–H and O–H groups in total. The number of sulfonamides is 1. The van der Waals surface area contributed by atoms with Crippen LogP contribution in [0, 0.1) is 5.82 Å². The molecule has 0 bridgehead atoms. The molecule has 0 radical (unpaired) electrons. The number of nitrogens with zero attached hydrogens (tertiary/aromatic N) is 3. The number of ether oxygens (including phenoxy) is 1. The Hall–Kier alpha value is -1.29. The second-order valence-corrected chi connectivity index (χ2v) is 9.12. The van der Waals surface area contributed by atoms with Crippen LogP contribution in [0.2, 0.25) is 4.34 Å². The van der Waals surface area contributed by atoms with E-state index >= 15 is 0 Å². The second-order valence-electron chi connectivity index (χ2n) is 5.24. The van der Waals surface area contributed by atoms with Crippen LogP contribution in [0.15, 0.2) is 22.7 Å². The summed E-state index contributed by atoms with van der Waals surface area (Å²) in [5, 5.41) is 0. The lowest BCUT2D eigenvalue weighted by molar-refractivity contribution is 0.195. The minimum atomic E-state index is -3.61. The van der Waals surface area contributed by atoms with Gasteiger partial charge in [-0.15, -0.1) is 11.3 Å². The maximum Gasteiger partial charge on any atom is 0.254 e. The average molecular weight is 392 g/mol. The standard InChI is InChI=1S/C14H15ClFN3O3S2/c1-2-10-13(16)14(18-8-17-10)22-9-5-6-19(7-9)24(20,21)12-4-3-11(15)23-12/h3-4,8-9H,2,5-7H2,1H3/t9-/m1/s1. The Morgan fingerprint density at radius 3 is 2.92 bits per heavy atom. The third-order valence-electron chi connectivity index (χ3n) is 3.69. The molecule has 0 aromatic carbocycles. The van der Waals surface area contributed by atoms with Crippen molar-refractivity contribution in [2.45, 2.75) is 30.1 Å². The fraction of sp³-hybridized carbons (Fsp3) is 0.429. The van der Waals surface area contributed by atoms with Gasteiger partial charge in [-0.3, -0.25) is 0 Å². The highest BCUT2D eigenvalue weighted by Crippen LogP contribution is 2.30. The average Bonchev–Trinajstić information content (AvgIpc) is 3.19. The molecule has 1 aliphatic rings. The van der Waals surface area contributed by atoms with Crippen molar-refractivity contribution in [3.63, 3.8) is 0 Å². The van der Waals surface area contributed by atoms with E-state index in [0.717, 1.165) is 11.3 Å². The van der Waals surface area contributed by atoms with Crippen molar-refractivity contribution < 1.29 is 17.5 Å². The number of hydrogen-bond donors (Lipinski definition) is 0. The third-order valence-corrected chi connectivity index (χ3v) is 7.26. The Morgan fingerprint density at radius 1 is 1.46 bits per heavy atom. The summed E-state index contributed by atoms with van der Waals surface area (Å²) in [5.41, 5.74) is 0.274. The molecule has 10 heteroatoms. The molecular formula is C14H15ClFN3O3S2. The molecule has 3 heterocycles. The molecule has 1 atom stereocenters. The smallest absolute Gasteiger partial charge is 0.254 e. The van der Waals surface area contributed by atoms with Crippen molar-refractivity contribution in [2.75, 3.05) is 13.1 Å².